The van der Waals surface area contributed by atoms with Crippen molar-refractivity contribution in [2.45, 2.75) is 40.0 Å². The van der Waals surface area contributed by atoms with Gasteiger partial charge in [0.15, 0.2) is 5.78 Å². The van der Waals surface area contributed by atoms with Gasteiger partial charge in [-0.05, 0) is 61.6 Å². The summed E-state index contributed by atoms with van der Waals surface area (Å²) in [7, 11) is 0. The maximum atomic E-state index is 12.1. The van der Waals surface area contributed by atoms with Crippen molar-refractivity contribution in [3.8, 4) is 0 Å². The zero-order chi connectivity index (χ0) is 16.7. The van der Waals surface area contributed by atoms with Gasteiger partial charge >= 0.3 is 0 Å². The van der Waals surface area contributed by atoms with Crippen LogP contribution in [0.2, 0.25) is 0 Å². The average molecular weight is 307 g/mol. The highest BCUT2D eigenvalue weighted by Crippen LogP contribution is 2.13. The Morgan fingerprint density at radius 2 is 1.78 bits per heavy atom. The van der Waals surface area contributed by atoms with Crippen LogP contribution in [0.3, 0.4) is 0 Å². The fraction of sp³-hybridized carbons (Fsp3) is 0.286. The van der Waals surface area contributed by atoms with Crippen molar-refractivity contribution in [2.24, 2.45) is 0 Å². The van der Waals surface area contributed by atoms with Gasteiger partial charge in [0.1, 0.15) is 0 Å². The van der Waals surface area contributed by atoms with Crippen LogP contribution in [0.25, 0.3) is 0 Å². The quantitative estimate of drug-likeness (QED) is 0.544. The van der Waals surface area contributed by atoms with Crippen molar-refractivity contribution in [3.63, 3.8) is 0 Å². The topological polar surface area (TPSA) is 29.1 Å². The number of ketones is 1. The van der Waals surface area contributed by atoms with E-state index in [0.717, 1.165) is 23.2 Å². The number of carbonyl (C=O) groups excluding carboxylic acids is 1. The van der Waals surface area contributed by atoms with Crippen molar-refractivity contribution in [1.29, 1.82) is 0 Å². The normalized spacial score (nSPS) is 10.9. The average Bonchev–Trinajstić information content (AvgIpc) is 2.56. The lowest BCUT2D eigenvalue weighted by Crippen LogP contribution is -1.97. The van der Waals surface area contributed by atoms with Gasteiger partial charge in [-0.3, -0.25) is 4.79 Å². The zero-order valence-electron chi connectivity index (χ0n) is 14.2. The van der Waals surface area contributed by atoms with Gasteiger partial charge in [0.2, 0.25) is 0 Å². The fourth-order valence-electron chi connectivity index (χ4n) is 2.35. The zero-order valence-corrected chi connectivity index (χ0v) is 14.2. The lowest BCUT2D eigenvalue weighted by molar-refractivity contribution is 0.104. The number of nitrogens with one attached hydrogen (secondary N) is 1. The number of aryl methyl sites for hydroxylation is 3. The molecule has 2 heteroatoms. The van der Waals surface area contributed by atoms with Crippen molar-refractivity contribution < 1.29 is 4.79 Å². The van der Waals surface area contributed by atoms with Crippen LogP contribution in [0.4, 0.5) is 5.69 Å². The van der Waals surface area contributed by atoms with Crippen molar-refractivity contribution in [2.75, 3.05) is 5.32 Å². The van der Waals surface area contributed by atoms with Gasteiger partial charge in [-0.2, -0.15) is 0 Å². The summed E-state index contributed by atoms with van der Waals surface area (Å²) in [6, 6.07) is 14.2. The van der Waals surface area contributed by atoms with Crippen molar-refractivity contribution in [1.82, 2.24) is 0 Å². The number of hydrogen-bond acceptors (Lipinski definition) is 2. The highest BCUT2D eigenvalue weighted by atomic mass is 16.1. The Hall–Kier alpha value is -2.35. The highest BCUT2D eigenvalue weighted by molar-refractivity contribution is 6.04. The molecule has 0 atom stereocenters. The SMILES string of the molecule is CCCCc1ccc(NC=CC(=O)c2ccc(C)c(C)c2)cc1. The Morgan fingerprint density at radius 1 is 1.04 bits per heavy atom. The molecule has 0 bridgehead atoms. The monoisotopic (exact) mass is 307 g/mol. The molecule has 0 aliphatic carbocycles. The molecule has 0 saturated heterocycles. The lowest BCUT2D eigenvalue weighted by atomic mass is 10.0. The van der Waals surface area contributed by atoms with Crippen LogP contribution in [0, 0.1) is 13.8 Å². The molecule has 2 rings (SSSR count). The first-order valence-corrected chi connectivity index (χ1v) is 8.23. The molecular weight excluding hydrogens is 282 g/mol. The number of allylic oxidation sites excluding steroid dienone is 1. The van der Waals surface area contributed by atoms with E-state index >= 15 is 0 Å². The number of carbonyl (C=O) groups is 1. The molecule has 0 fully saturated rings. The van der Waals surface area contributed by atoms with Gasteiger partial charge in [0.05, 0.1) is 0 Å². The minimum atomic E-state index is 0.0140. The molecule has 2 nitrogen and oxygen atoms in total. The molecule has 0 heterocycles. The lowest BCUT2D eigenvalue weighted by Gasteiger charge is -2.04. The third-order valence-electron chi connectivity index (χ3n) is 4.05. The Balaban J connectivity index is 1.92. The number of hydrogen-bond donors (Lipinski definition) is 1. The van der Waals surface area contributed by atoms with E-state index in [1.807, 2.05) is 32.0 Å². The Morgan fingerprint density at radius 3 is 2.43 bits per heavy atom. The third-order valence-corrected chi connectivity index (χ3v) is 4.05. The summed E-state index contributed by atoms with van der Waals surface area (Å²) >= 11 is 0. The summed E-state index contributed by atoms with van der Waals surface area (Å²) in [6.07, 6.45) is 6.84. The molecule has 0 aromatic heterocycles. The van der Waals surface area contributed by atoms with Crippen LogP contribution < -0.4 is 5.32 Å². The Kier molecular flexibility index (Phi) is 6.16. The summed E-state index contributed by atoms with van der Waals surface area (Å²) in [6.45, 7) is 6.27. The highest BCUT2D eigenvalue weighted by Gasteiger charge is 2.03. The molecule has 0 unspecified atom stereocenters. The van der Waals surface area contributed by atoms with E-state index in [0.29, 0.717) is 0 Å². The van der Waals surface area contributed by atoms with Crippen LogP contribution >= 0.6 is 0 Å². The second kappa shape index (κ2) is 8.33. The number of rotatable bonds is 7. The van der Waals surface area contributed by atoms with E-state index in [1.54, 1.807) is 12.3 Å². The van der Waals surface area contributed by atoms with E-state index in [9.17, 15) is 4.79 Å². The Labute approximate surface area is 139 Å². The molecular formula is C21H25NO. The first-order chi connectivity index (χ1) is 11.1. The molecule has 0 saturated carbocycles. The van der Waals surface area contributed by atoms with Crippen molar-refractivity contribution >= 4 is 11.5 Å². The van der Waals surface area contributed by atoms with Crippen LogP contribution in [0.5, 0.6) is 0 Å². The van der Waals surface area contributed by atoms with E-state index in [4.69, 9.17) is 0 Å². The van der Waals surface area contributed by atoms with Gasteiger partial charge in [-0.1, -0.05) is 37.6 Å². The number of anilines is 1. The van der Waals surface area contributed by atoms with Crippen LogP contribution in [0.15, 0.2) is 54.7 Å². The van der Waals surface area contributed by atoms with Gasteiger partial charge in [0, 0.05) is 23.5 Å². The molecule has 2 aromatic carbocycles. The predicted molar refractivity (Wildman–Crippen MR) is 98.1 cm³/mol. The first-order valence-electron chi connectivity index (χ1n) is 8.23. The van der Waals surface area contributed by atoms with Crippen molar-refractivity contribution in [3.05, 3.63) is 77.0 Å². The van der Waals surface area contributed by atoms with E-state index in [-0.39, 0.29) is 5.78 Å². The molecule has 120 valence electrons. The standard InChI is InChI=1S/C21H25NO/c1-4-5-6-18-8-11-20(12-9-18)22-14-13-21(23)19-10-7-16(2)17(3)15-19/h7-15,22H,4-6H2,1-3H3. The van der Waals surface area contributed by atoms with Gasteiger partial charge in [-0.15, -0.1) is 0 Å². The molecule has 1 N–H and O–H groups in total. The molecule has 23 heavy (non-hydrogen) atoms. The summed E-state index contributed by atoms with van der Waals surface area (Å²) in [4.78, 5) is 12.1. The molecule has 0 aliphatic rings. The minimum Gasteiger partial charge on any atom is -0.362 e. The van der Waals surface area contributed by atoms with E-state index < -0.39 is 0 Å². The van der Waals surface area contributed by atoms with Crippen LogP contribution in [-0.4, -0.2) is 5.78 Å². The van der Waals surface area contributed by atoms with E-state index in [1.165, 1.54) is 24.0 Å². The minimum absolute atomic E-state index is 0.0140. The van der Waals surface area contributed by atoms with Gasteiger partial charge in [-0.25, -0.2) is 0 Å². The predicted octanol–water partition coefficient (Wildman–Crippen LogP) is 5.45. The van der Waals surface area contributed by atoms with Crippen LogP contribution in [0.1, 0.15) is 46.8 Å². The molecule has 0 radical (unpaired) electrons. The Bertz CT molecular complexity index is 683. The summed E-state index contributed by atoms with van der Waals surface area (Å²) < 4.78 is 0. The number of unbranched alkanes of at least 4 members (excludes halogenated alkanes) is 1. The third kappa shape index (κ3) is 5.10. The van der Waals surface area contributed by atoms with Gasteiger partial charge < -0.3 is 5.32 Å². The fourth-order valence-corrected chi connectivity index (χ4v) is 2.35. The first kappa shape index (κ1) is 17.0. The summed E-state index contributed by atoms with van der Waals surface area (Å²) in [5.74, 6) is 0.0140. The summed E-state index contributed by atoms with van der Waals surface area (Å²) in [5.41, 5.74) is 5.41. The summed E-state index contributed by atoms with van der Waals surface area (Å²) in [5, 5.41) is 3.15. The molecule has 2 aromatic rings. The molecule has 0 aliphatic heterocycles. The second-order valence-electron chi connectivity index (χ2n) is 5.94. The van der Waals surface area contributed by atoms with Crippen LogP contribution in [-0.2, 0) is 6.42 Å². The molecule has 0 spiro atoms. The van der Waals surface area contributed by atoms with E-state index in [2.05, 4.69) is 36.5 Å². The number of benzene rings is 2. The van der Waals surface area contributed by atoms with Gasteiger partial charge in [0.25, 0.3) is 0 Å². The largest absolute Gasteiger partial charge is 0.362 e. The maximum Gasteiger partial charge on any atom is 0.187 e. The second-order valence-corrected chi connectivity index (χ2v) is 5.94. The smallest absolute Gasteiger partial charge is 0.187 e. The maximum absolute atomic E-state index is 12.1. The molecule has 0 amide bonds.